The molecule has 6 rings (SSSR count). The van der Waals surface area contributed by atoms with E-state index in [9.17, 15) is 9.59 Å². The lowest BCUT2D eigenvalue weighted by molar-refractivity contribution is -0.0508. The van der Waals surface area contributed by atoms with Crippen molar-refractivity contribution in [2.45, 2.75) is 71.9 Å². The Hall–Kier alpha value is -3.70. The quantitative estimate of drug-likeness (QED) is 0.188. The van der Waals surface area contributed by atoms with Crippen LogP contribution in [0.3, 0.4) is 0 Å². The number of pyridine rings is 1. The number of carbonyl (C=O) groups is 1. The molecule has 0 unspecified atom stereocenters. The number of nitrogens with zero attached hydrogens (tertiary/aromatic N) is 6. The van der Waals surface area contributed by atoms with Crippen LogP contribution in [-0.2, 0) is 20.8 Å². The van der Waals surface area contributed by atoms with Crippen LogP contribution in [0.5, 0.6) is 5.75 Å². The Bertz CT molecular complexity index is 1730. The lowest BCUT2D eigenvalue weighted by Crippen LogP contribution is -2.60. The van der Waals surface area contributed by atoms with E-state index < -0.39 is 11.7 Å². The van der Waals surface area contributed by atoms with Gasteiger partial charge in [0.2, 0.25) is 0 Å². The van der Waals surface area contributed by atoms with Crippen molar-refractivity contribution in [3.8, 4) is 11.4 Å². The lowest BCUT2D eigenvalue weighted by Gasteiger charge is -2.55. The van der Waals surface area contributed by atoms with Crippen molar-refractivity contribution in [2.24, 2.45) is 5.41 Å². The Morgan fingerprint density at radius 3 is 2.49 bits per heavy atom. The zero-order valence-electron chi connectivity index (χ0n) is 29.4. The molecule has 2 aromatic heterocycles. The molecule has 3 aliphatic heterocycles. The third kappa shape index (κ3) is 8.20. The van der Waals surface area contributed by atoms with Gasteiger partial charge in [0.1, 0.15) is 12.2 Å². The van der Waals surface area contributed by atoms with Gasteiger partial charge in [-0.2, -0.15) is 5.10 Å². The van der Waals surface area contributed by atoms with E-state index in [0.717, 1.165) is 84.9 Å². The number of hydrogen-bond donors (Lipinski definition) is 0. The molecule has 262 valence electrons. The van der Waals surface area contributed by atoms with Crippen LogP contribution in [0.2, 0.25) is 0 Å². The van der Waals surface area contributed by atoms with Crippen molar-refractivity contribution in [2.75, 3.05) is 57.9 Å². The van der Waals surface area contributed by atoms with Gasteiger partial charge in [-0.15, -0.1) is 0 Å². The summed E-state index contributed by atoms with van der Waals surface area (Å²) >= 11 is 3.72. The van der Waals surface area contributed by atoms with E-state index in [1.165, 1.54) is 7.11 Å². The fraction of sp³-hybridized carbons (Fsp3) is 0.541. The minimum Gasteiger partial charge on any atom is -0.490 e. The predicted molar refractivity (Wildman–Crippen MR) is 191 cm³/mol. The molecule has 5 heterocycles. The summed E-state index contributed by atoms with van der Waals surface area (Å²) in [5.74, 6) is 3.53. The average Bonchev–Trinajstić information content (AvgIpc) is 3.39. The second kappa shape index (κ2) is 14.3. The van der Waals surface area contributed by atoms with Crippen molar-refractivity contribution in [3.63, 3.8) is 0 Å². The van der Waals surface area contributed by atoms with Crippen molar-refractivity contribution in [3.05, 3.63) is 69.3 Å². The topological polar surface area (TPSA) is 102 Å². The molecule has 0 aliphatic carbocycles. The predicted octanol–water partition coefficient (Wildman–Crippen LogP) is 6.21. The maximum absolute atomic E-state index is 12.9. The fourth-order valence-corrected chi connectivity index (χ4v) is 7.81. The molecular weight excluding hydrogens is 688 g/mol. The maximum Gasteiger partial charge on any atom is 0.416 e. The molecule has 12 heteroatoms. The third-order valence-electron chi connectivity index (χ3n) is 9.66. The van der Waals surface area contributed by atoms with E-state index in [2.05, 4.69) is 56.9 Å². The first-order valence-corrected chi connectivity index (χ1v) is 17.8. The molecule has 1 atom stereocenters. The van der Waals surface area contributed by atoms with Crippen molar-refractivity contribution >= 4 is 33.8 Å². The first kappa shape index (κ1) is 35.1. The van der Waals surface area contributed by atoms with Gasteiger partial charge in [-0.25, -0.2) is 19.3 Å². The number of piperidine rings is 1. The Labute approximate surface area is 297 Å². The number of rotatable bonds is 9. The van der Waals surface area contributed by atoms with Crippen LogP contribution in [0, 0.1) is 19.3 Å². The van der Waals surface area contributed by atoms with Crippen molar-refractivity contribution < 1.29 is 23.8 Å². The minimum atomic E-state index is -0.588. The van der Waals surface area contributed by atoms with Crippen LogP contribution >= 0.6 is 15.9 Å². The molecule has 2 fully saturated rings. The van der Waals surface area contributed by atoms with E-state index in [0.29, 0.717) is 42.3 Å². The number of anilines is 1. The van der Waals surface area contributed by atoms with E-state index >= 15 is 0 Å². The number of benzene rings is 1. The number of carbonyl (C=O) groups excluding carboxylic acids is 2. The molecule has 0 radical (unpaired) electrons. The number of methoxy groups -OCH3 is 1. The third-order valence-corrected chi connectivity index (χ3v) is 10.1. The zero-order valence-corrected chi connectivity index (χ0v) is 31.0. The van der Waals surface area contributed by atoms with Crippen molar-refractivity contribution in [1.29, 1.82) is 0 Å². The van der Waals surface area contributed by atoms with Gasteiger partial charge in [-0.1, -0.05) is 15.9 Å². The molecule has 0 N–H and O–H groups in total. The van der Waals surface area contributed by atoms with Gasteiger partial charge in [-0.3, -0.25) is 9.80 Å². The number of likely N-dealkylation sites (tertiary alicyclic amines) is 2. The molecule has 3 aliphatic rings. The summed E-state index contributed by atoms with van der Waals surface area (Å²) in [5.41, 5.74) is 4.77. The summed E-state index contributed by atoms with van der Waals surface area (Å²) in [4.78, 5) is 36.0. The Kier molecular flexibility index (Phi) is 10.2. The van der Waals surface area contributed by atoms with Crippen LogP contribution in [0.25, 0.3) is 5.69 Å². The summed E-state index contributed by atoms with van der Waals surface area (Å²) in [7, 11) is 1.54. The minimum absolute atomic E-state index is 0.0568. The molecule has 1 aromatic carbocycles. The Balaban J connectivity index is 1.08. The molecule has 0 bridgehead atoms. The molecule has 2 saturated heterocycles. The normalized spacial score (nSPS) is 18.2. The van der Waals surface area contributed by atoms with Crippen LogP contribution < -0.4 is 9.64 Å². The second-order valence-electron chi connectivity index (χ2n) is 14.8. The maximum atomic E-state index is 12.9. The highest BCUT2D eigenvalue weighted by atomic mass is 79.9. The SMILES string of the molecule is COC(=C=O)C[C@H](CN1CC2(CCN(Cc3ccc4c(n3)N(C(=O)OC(C)(C)C)CCO4)CC2)C1)c1cc(Br)cc(-n2nc(C)cc2C)c1. The highest BCUT2D eigenvalue weighted by Gasteiger charge is 2.45. The molecule has 1 spiro atoms. The monoisotopic (exact) mass is 734 g/mol. The zero-order chi connectivity index (χ0) is 34.9. The highest BCUT2D eigenvalue weighted by Crippen LogP contribution is 2.42. The number of halogens is 1. The molecule has 3 aromatic rings. The van der Waals surface area contributed by atoms with Gasteiger partial charge < -0.3 is 19.1 Å². The van der Waals surface area contributed by atoms with Crippen LogP contribution in [-0.4, -0.2) is 95.2 Å². The van der Waals surface area contributed by atoms with Gasteiger partial charge in [0.05, 0.1) is 30.7 Å². The molecular formula is C37H47BrN6O5. The van der Waals surface area contributed by atoms with E-state index in [4.69, 9.17) is 24.3 Å². The van der Waals surface area contributed by atoms with Crippen LogP contribution in [0.15, 0.2) is 46.6 Å². The standard InChI is InChI=1S/C37H47BrN6O5/c1-25-15-26(2)44(40-25)31-17-27(16-29(38)19-31)28(18-32(22-45)47-6)20-42-23-37(24-42)9-11-41(12-10-37)21-30-7-8-33-34(39-30)43(13-14-48-33)35(46)49-36(3,4)5/h7-8,15-17,19,28H,9-14,18,20-21,23-24H2,1-6H3/t28-/m1/s1. The number of aryl methyl sites for hydroxylation is 2. The highest BCUT2D eigenvalue weighted by molar-refractivity contribution is 9.10. The first-order chi connectivity index (χ1) is 23.3. The fourth-order valence-electron chi connectivity index (χ4n) is 7.31. The van der Waals surface area contributed by atoms with Gasteiger partial charge in [0.15, 0.2) is 23.3 Å². The van der Waals surface area contributed by atoms with E-state index in [-0.39, 0.29) is 5.92 Å². The summed E-state index contributed by atoms with van der Waals surface area (Å²) in [6.07, 6.45) is 2.31. The molecule has 1 amide bonds. The number of aromatic nitrogens is 3. The number of fused-ring (bicyclic) bond motifs is 1. The lowest BCUT2D eigenvalue weighted by atomic mass is 9.71. The van der Waals surface area contributed by atoms with E-state index in [1.54, 1.807) is 4.90 Å². The number of allylic oxidation sites excluding steroid dienone is 1. The second-order valence-corrected chi connectivity index (χ2v) is 15.7. The van der Waals surface area contributed by atoms with Crippen LogP contribution in [0.1, 0.15) is 68.6 Å². The van der Waals surface area contributed by atoms with Gasteiger partial charge >= 0.3 is 6.09 Å². The average molecular weight is 736 g/mol. The summed E-state index contributed by atoms with van der Waals surface area (Å²) in [6.45, 7) is 16.0. The van der Waals surface area contributed by atoms with Gasteiger partial charge in [-0.05, 0) is 108 Å². The van der Waals surface area contributed by atoms with Crippen molar-refractivity contribution in [1.82, 2.24) is 24.6 Å². The van der Waals surface area contributed by atoms with E-state index in [1.807, 2.05) is 50.5 Å². The van der Waals surface area contributed by atoms with Gasteiger partial charge in [0.25, 0.3) is 0 Å². The molecule has 0 saturated carbocycles. The summed E-state index contributed by atoms with van der Waals surface area (Å²) < 4.78 is 19.8. The summed E-state index contributed by atoms with van der Waals surface area (Å²) in [5, 5.41) is 4.69. The number of ether oxygens (including phenoxy) is 3. The number of hydrogen-bond acceptors (Lipinski definition) is 9. The smallest absolute Gasteiger partial charge is 0.416 e. The van der Waals surface area contributed by atoms with Crippen LogP contribution in [0.4, 0.5) is 10.6 Å². The molecule has 11 nitrogen and oxygen atoms in total. The largest absolute Gasteiger partial charge is 0.490 e. The number of amides is 1. The first-order valence-electron chi connectivity index (χ1n) is 17.0. The Morgan fingerprint density at radius 2 is 1.84 bits per heavy atom. The summed E-state index contributed by atoms with van der Waals surface area (Å²) in [6, 6.07) is 12.4. The Morgan fingerprint density at radius 1 is 1.08 bits per heavy atom. The molecule has 49 heavy (non-hydrogen) atoms. The van der Waals surface area contributed by atoms with Gasteiger partial charge in [0, 0.05) is 48.7 Å².